The molecule has 1 fully saturated rings. The summed E-state index contributed by atoms with van der Waals surface area (Å²) in [5.41, 5.74) is 3.07. The second kappa shape index (κ2) is 9.03. The van der Waals surface area contributed by atoms with E-state index in [0.717, 1.165) is 26.1 Å². The minimum atomic E-state index is -0.410. The molecule has 3 N–H and O–H groups in total. The minimum Gasteiger partial charge on any atom is -0.494 e. The number of likely N-dealkylation sites (tertiary alicyclic amines) is 1. The lowest BCUT2D eigenvalue weighted by Crippen LogP contribution is -2.26. The topological polar surface area (TPSA) is 63.6 Å². The molecular weight excluding hydrogens is 422 g/mol. The standard InChI is InChI=1S/C26H24F2N4O/c27-18-6-8-24-21(12-18)22(26(33)31-24)14-29-19-7-9-25(23(28)13-19)30-20-10-11-32(16-20)15-17-4-2-1-3-5-17/h1-9,12-14,20,30-31,33H,10-11,15-16H2. The van der Waals surface area contributed by atoms with E-state index in [1.54, 1.807) is 18.2 Å². The van der Waals surface area contributed by atoms with E-state index in [-0.39, 0.29) is 17.7 Å². The molecule has 1 saturated heterocycles. The molecule has 168 valence electrons. The van der Waals surface area contributed by atoms with Gasteiger partial charge in [-0.3, -0.25) is 9.89 Å². The third-order valence-electron chi connectivity index (χ3n) is 5.96. The van der Waals surface area contributed by atoms with Gasteiger partial charge in [0.05, 0.1) is 16.9 Å². The molecular formula is C26H24F2N4O. The summed E-state index contributed by atoms with van der Waals surface area (Å²) < 4.78 is 28.3. The third kappa shape index (κ3) is 4.73. The first kappa shape index (κ1) is 21.2. The van der Waals surface area contributed by atoms with Crippen LogP contribution in [0.1, 0.15) is 17.5 Å². The van der Waals surface area contributed by atoms with Crippen LogP contribution in [0, 0.1) is 11.6 Å². The van der Waals surface area contributed by atoms with E-state index in [2.05, 4.69) is 32.3 Å². The molecule has 5 rings (SSSR count). The SMILES string of the molecule is Oc1[nH]c2ccc(F)cc2c1C=Nc1ccc(NC2CCN(Cc3ccccc3)C2)c(F)c1. The highest BCUT2D eigenvalue weighted by Crippen LogP contribution is 2.28. The molecule has 1 aliphatic rings. The molecule has 1 aliphatic heterocycles. The molecule has 0 spiro atoms. The Morgan fingerprint density at radius 2 is 1.94 bits per heavy atom. The van der Waals surface area contributed by atoms with Crippen LogP contribution in [-0.4, -0.2) is 40.3 Å². The van der Waals surface area contributed by atoms with Gasteiger partial charge < -0.3 is 15.4 Å². The van der Waals surface area contributed by atoms with Crippen LogP contribution in [0.4, 0.5) is 20.2 Å². The highest BCUT2D eigenvalue weighted by Gasteiger charge is 2.23. The molecule has 0 radical (unpaired) electrons. The number of aromatic amines is 1. The second-order valence-corrected chi connectivity index (χ2v) is 8.35. The maximum Gasteiger partial charge on any atom is 0.198 e. The molecule has 3 aromatic carbocycles. The number of hydrogen-bond donors (Lipinski definition) is 3. The zero-order valence-corrected chi connectivity index (χ0v) is 17.9. The van der Waals surface area contributed by atoms with Gasteiger partial charge >= 0.3 is 0 Å². The number of aromatic nitrogens is 1. The molecule has 0 amide bonds. The van der Waals surface area contributed by atoms with Gasteiger partial charge in [0, 0.05) is 48.9 Å². The Kier molecular flexibility index (Phi) is 5.79. The summed E-state index contributed by atoms with van der Waals surface area (Å²) in [5.74, 6) is -0.911. The fourth-order valence-corrected chi connectivity index (χ4v) is 4.30. The summed E-state index contributed by atoms with van der Waals surface area (Å²) >= 11 is 0. The summed E-state index contributed by atoms with van der Waals surface area (Å²) in [4.78, 5) is 9.42. The van der Waals surface area contributed by atoms with E-state index in [0.29, 0.717) is 27.8 Å². The maximum atomic E-state index is 14.7. The van der Waals surface area contributed by atoms with Gasteiger partial charge in [0.1, 0.15) is 11.6 Å². The van der Waals surface area contributed by atoms with Crippen LogP contribution >= 0.6 is 0 Å². The minimum absolute atomic E-state index is 0.112. The van der Waals surface area contributed by atoms with Crippen LogP contribution in [0.2, 0.25) is 0 Å². The largest absolute Gasteiger partial charge is 0.494 e. The van der Waals surface area contributed by atoms with Crippen molar-refractivity contribution in [3.8, 4) is 5.88 Å². The average molecular weight is 447 g/mol. The van der Waals surface area contributed by atoms with Crippen LogP contribution in [0.15, 0.2) is 71.7 Å². The Labute approximate surface area is 190 Å². The van der Waals surface area contributed by atoms with Gasteiger partial charge in [0.2, 0.25) is 0 Å². The van der Waals surface area contributed by atoms with E-state index in [1.807, 2.05) is 18.2 Å². The molecule has 1 aromatic heterocycles. The molecule has 1 atom stereocenters. The zero-order valence-electron chi connectivity index (χ0n) is 17.9. The summed E-state index contributed by atoms with van der Waals surface area (Å²) in [7, 11) is 0. The number of benzene rings is 3. The van der Waals surface area contributed by atoms with Crippen molar-refractivity contribution in [3.05, 3.63) is 89.5 Å². The van der Waals surface area contributed by atoms with E-state index >= 15 is 0 Å². The van der Waals surface area contributed by atoms with Gasteiger partial charge in [-0.2, -0.15) is 0 Å². The first-order chi connectivity index (χ1) is 16.0. The van der Waals surface area contributed by atoms with Crippen molar-refractivity contribution in [2.24, 2.45) is 4.99 Å². The summed E-state index contributed by atoms with van der Waals surface area (Å²) in [6.07, 6.45) is 2.36. The number of aliphatic imine (C=N–C) groups is 1. The smallest absolute Gasteiger partial charge is 0.198 e. The first-order valence-corrected chi connectivity index (χ1v) is 10.9. The van der Waals surface area contributed by atoms with E-state index in [1.165, 1.54) is 30.0 Å². The van der Waals surface area contributed by atoms with Crippen molar-refractivity contribution in [1.29, 1.82) is 0 Å². The Hall–Kier alpha value is -3.71. The number of fused-ring (bicyclic) bond motifs is 1. The molecule has 1 unspecified atom stereocenters. The van der Waals surface area contributed by atoms with Crippen molar-refractivity contribution in [1.82, 2.24) is 9.88 Å². The number of rotatable bonds is 6. The Morgan fingerprint density at radius 3 is 2.76 bits per heavy atom. The quantitative estimate of drug-likeness (QED) is 0.339. The van der Waals surface area contributed by atoms with Gasteiger partial charge in [-0.1, -0.05) is 30.3 Å². The molecule has 0 saturated carbocycles. The number of aromatic hydroxyl groups is 1. The number of H-pyrrole nitrogens is 1. The number of halogens is 2. The van der Waals surface area contributed by atoms with Gasteiger partial charge in [-0.25, -0.2) is 8.78 Å². The molecule has 7 heteroatoms. The summed E-state index contributed by atoms with van der Waals surface area (Å²) in [5, 5.41) is 13.9. The Morgan fingerprint density at radius 1 is 1.09 bits per heavy atom. The lowest BCUT2D eigenvalue weighted by molar-refractivity contribution is 0.328. The lowest BCUT2D eigenvalue weighted by atomic mass is 10.2. The normalized spacial score (nSPS) is 16.7. The average Bonchev–Trinajstić information content (AvgIpc) is 3.37. The van der Waals surface area contributed by atoms with E-state index in [4.69, 9.17) is 0 Å². The molecule has 4 aromatic rings. The van der Waals surface area contributed by atoms with Crippen LogP contribution < -0.4 is 5.32 Å². The van der Waals surface area contributed by atoms with Gasteiger partial charge in [0.25, 0.3) is 0 Å². The molecule has 5 nitrogen and oxygen atoms in total. The first-order valence-electron chi connectivity index (χ1n) is 10.9. The second-order valence-electron chi connectivity index (χ2n) is 8.35. The molecule has 33 heavy (non-hydrogen) atoms. The fraction of sp³-hybridized carbons (Fsp3) is 0.192. The van der Waals surface area contributed by atoms with Crippen molar-refractivity contribution in [3.63, 3.8) is 0 Å². The number of anilines is 1. The van der Waals surface area contributed by atoms with Crippen molar-refractivity contribution in [2.75, 3.05) is 18.4 Å². The summed E-state index contributed by atoms with van der Waals surface area (Å²) in [6, 6.07) is 19.4. The third-order valence-corrected chi connectivity index (χ3v) is 5.96. The lowest BCUT2D eigenvalue weighted by Gasteiger charge is -2.18. The van der Waals surface area contributed by atoms with E-state index < -0.39 is 5.82 Å². The van der Waals surface area contributed by atoms with Crippen molar-refractivity contribution in [2.45, 2.75) is 19.0 Å². The molecule has 0 aliphatic carbocycles. The van der Waals surface area contributed by atoms with Crippen LogP contribution in [0.5, 0.6) is 5.88 Å². The van der Waals surface area contributed by atoms with Crippen LogP contribution in [-0.2, 0) is 6.54 Å². The van der Waals surface area contributed by atoms with Crippen LogP contribution in [0.3, 0.4) is 0 Å². The number of nitrogens with one attached hydrogen (secondary N) is 2. The monoisotopic (exact) mass is 446 g/mol. The highest BCUT2D eigenvalue weighted by molar-refractivity contribution is 6.02. The maximum absolute atomic E-state index is 14.7. The predicted molar refractivity (Wildman–Crippen MR) is 127 cm³/mol. The highest BCUT2D eigenvalue weighted by atomic mass is 19.1. The Bertz CT molecular complexity index is 1300. The van der Waals surface area contributed by atoms with Crippen molar-refractivity contribution < 1.29 is 13.9 Å². The molecule has 0 bridgehead atoms. The number of nitrogens with zero attached hydrogens (tertiary/aromatic N) is 2. The molecule has 2 heterocycles. The predicted octanol–water partition coefficient (Wildman–Crippen LogP) is 5.59. The number of hydrogen-bond acceptors (Lipinski definition) is 4. The van der Waals surface area contributed by atoms with Gasteiger partial charge in [0.15, 0.2) is 5.88 Å². The van der Waals surface area contributed by atoms with Gasteiger partial charge in [-0.05, 0) is 42.3 Å². The fourth-order valence-electron chi connectivity index (χ4n) is 4.30. The van der Waals surface area contributed by atoms with Crippen LogP contribution in [0.25, 0.3) is 10.9 Å². The van der Waals surface area contributed by atoms with E-state index in [9.17, 15) is 13.9 Å². The Balaban J connectivity index is 1.25. The van der Waals surface area contributed by atoms with Crippen molar-refractivity contribution >= 4 is 28.5 Å². The van der Waals surface area contributed by atoms with Gasteiger partial charge in [-0.15, -0.1) is 0 Å². The zero-order chi connectivity index (χ0) is 22.8. The summed E-state index contributed by atoms with van der Waals surface area (Å²) in [6.45, 7) is 2.70.